The van der Waals surface area contributed by atoms with Crippen molar-refractivity contribution < 1.29 is 9.84 Å². The quantitative estimate of drug-likeness (QED) is 0.935. The van der Waals surface area contributed by atoms with Crippen LogP contribution in [-0.4, -0.2) is 43.8 Å². The van der Waals surface area contributed by atoms with E-state index >= 15 is 0 Å². The van der Waals surface area contributed by atoms with Gasteiger partial charge in [-0.2, -0.15) is 4.68 Å². The molecule has 2 atom stereocenters. The number of phenols is 1. The van der Waals surface area contributed by atoms with E-state index in [1.54, 1.807) is 47.8 Å². The van der Waals surface area contributed by atoms with Gasteiger partial charge in [-0.25, -0.2) is 0 Å². The van der Waals surface area contributed by atoms with Crippen LogP contribution >= 0.6 is 11.8 Å². The summed E-state index contributed by atoms with van der Waals surface area (Å²) in [6.45, 7) is 0. The summed E-state index contributed by atoms with van der Waals surface area (Å²) in [5.41, 5.74) is 0.847. The summed E-state index contributed by atoms with van der Waals surface area (Å²) in [6.07, 6.45) is 4.85. The number of benzene rings is 1. The Labute approximate surface area is 127 Å². The Morgan fingerprint density at radius 1 is 1.29 bits per heavy atom. The number of nitrogens with zero attached hydrogens (tertiary/aromatic N) is 4. The summed E-state index contributed by atoms with van der Waals surface area (Å²) in [6, 6.07) is 6.86. The van der Waals surface area contributed by atoms with Crippen LogP contribution in [0.4, 0.5) is 0 Å². The largest absolute Gasteiger partial charge is 0.508 e. The Hall–Kier alpha value is -1.60. The molecule has 2 aromatic rings. The van der Waals surface area contributed by atoms with Gasteiger partial charge in [0.25, 0.3) is 0 Å². The van der Waals surface area contributed by atoms with Gasteiger partial charge in [-0.15, -0.1) is 5.10 Å². The standard InChI is InChI=1S/C14H18N4O2S/c1-20-12-3-2-4-13(9-12)21-14-15-16-17-18(14)10-5-7-11(19)8-6-10/h5-8,12-13,19H,2-4,9H2,1H3. The Morgan fingerprint density at radius 2 is 2.10 bits per heavy atom. The van der Waals surface area contributed by atoms with E-state index in [2.05, 4.69) is 15.5 Å². The molecule has 0 aliphatic heterocycles. The molecular formula is C14H18N4O2S. The van der Waals surface area contributed by atoms with Crippen LogP contribution in [0.15, 0.2) is 29.4 Å². The van der Waals surface area contributed by atoms with Crippen LogP contribution in [0.25, 0.3) is 5.69 Å². The molecule has 0 amide bonds. The molecule has 0 spiro atoms. The SMILES string of the molecule is COC1CCCC(Sc2nnnn2-c2ccc(O)cc2)C1. The fourth-order valence-electron chi connectivity index (χ4n) is 2.58. The van der Waals surface area contributed by atoms with E-state index in [1.807, 2.05) is 0 Å². The van der Waals surface area contributed by atoms with Crippen LogP contribution in [0.5, 0.6) is 5.75 Å². The van der Waals surface area contributed by atoms with Crippen LogP contribution < -0.4 is 0 Å². The molecule has 2 unspecified atom stereocenters. The Bertz CT molecular complexity index is 587. The van der Waals surface area contributed by atoms with E-state index in [9.17, 15) is 5.11 Å². The minimum atomic E-state index is 0.233. The first kappa shape index (κ1) is 14.3. The average molecular weight is 306 g/mol. The molecule has 1 heterocycles. The molecule has 112 valence electrons. The van der Waals surface area contributed by atoms with Crippen LogP contribution in [0.3, 0.4) is 0 Å². The first-order valence-electron chi connectivity index (χ1n) is 7.03. The first-order chi connectivity index (χ1) is 10.3. The molecule has 1 aromatic carbocycles. The van der Waals surface area contributed by atoms with Crippen molar-refractivity contribution in [3.63, 3.8) is 0 Å². The molecule has 0 bridgehead atoms. The summed E-state index contributed by atoms with van der Waals surface area (Å²) >= 11 is 1.70. The molecule has 1 saturated carbocycles. The molecule has 1 aliphatic carbocycles. The third kappa shape index (κ3) is 3.36. The zero-order chi connectivity index (χ0) is 14.7. The second-order valence-corrected chi connectivity index (χ2v) is 6.42. The van der Waals surface area contributed by atoms with Gasteiger partial charge in [-0.3, -0.25) is 0 Å². The van der Waals surface area contributed by atoms with E-state index in [-0.39, 0.29) is 5.75 Å². The van der Waals surface area contributed by atoms with Crippen LogP contribution in [-0.2, 0) is 4.74 Å². The minimum Gasteiger partial charge on any atom is -0.508 e. The van der Waals surface area contributed by atoms with Crippen molar-refractivity contribution in [1.82, 2.24) is 20.2 Å². The Balaban J connectivity index is 1.75. The number of hydrogen-bond acceptors (Lipinski definition) is 6. The van der Waals surface area contributed by atoms with Crippen molar-refractivity contribution in [2.45, 2.75) is 42.2 Å². The molecular weight excluding hydrogens is 288 g/mol. The van der Waals surface area contributed by atoms with Gasteiger partial charge >= 0.3 is 0 Å². The number of aromatic nitrogens is 4. The molecule has 3 rings (SSSR count). The third-order valence-corrected chi connectivity index (χ3v) is 4.95. The summed E-state index contributed by atoms with van der Waals surface area (Å²) in [5, 5.41) is 22.6. The van der Waals surface area contributed by atoms with Crippen molar-refractivity contribution >= 4 is 11.8 Å². The molecule has 0 saturated heterocycles. The second kappa shape index (κ2) is 6.44. The number of ether oxygens (including phenoxy) is 1. The van der Waals surface area contributed by atoms with Crippen molar-refractivity contribution in [1.29, 1.82) is 0 Å². The molecule has 1 fully saturated rings. The molecule has 21 heavy (non-hydrogen) atoms. The maximum absolute atomic E-state index is 9.36. The van der Waals surface area contributed by atoms with Gasteiger partial charge in [0, 0.05) is 12.4 Å². The van der Waals surface area contributed by atoms with E-state index in [0.29, 0.717) is 11.4 Å². The topological polar surface area (TPSA) is 73.1 Å². The van der Waals surface area contributed by atoms with Crippen LogP contribution in [0, 0.1) is 0 Å². The van der Waals surface area contributed by atoms with E-state index in [4.69, 9.17) is 4.74 Å². The Kier molecular flexibility index (Phi) is 4.40. The molecule has 1 N–H and O–H groups in total. The lowest BCUT2D eigenvalue weighted by Gasteiger charge is -2.27. The molecule has 1 aromatic heterocycles. The summed E-state index contributed by atoms with van der Waals surface area (Å²) in [4.78, 5) is 0. The van der Waals surface area contributed by atoms with Crippen molar-refractivity contribution in [3.05, 3.63) is 24.3 Å². The number of thioether (sulfide) groups is 1. The van der Waals surface area contributed by atoms with E-state index < -0.39 is 0 Å². The number of hydrogen-bond donors (Lipinski definition) is 1. The highest BCUT2D eigenvalue weighted by atomic mass is 32.2. The van der Waals surface area contributed by atoms with E-state index in [1.165, 1.54) is 6.42 Å². The summed E-state index contributed by atoms with van der Waals surface area (Å²) in [7, 11) is 1.78. The predicted molar refractivity (Wildman–Crippen MR) is 79.7 cm³/mol. The van der Waals surface area contributed by atoms with Gasteiger partial charge in [0.1, 0.15) is 5.75 Å². The smallest absolute Gasteiger partial charge is 0.214 e. The number of rotatable bonds is 4. The predicted octanol–water partition coefficient (Wildman–Crippen LogP) is 2.42. The van der Waals surface area contributed by atoms with Crippen LogP contribution in [0.1, 0.15) is 25.7 Å². The highest BCUT2D eigenvalue weighted by Crippen LogP contribution is 2.34. The number of aromatic hydroxyl groups is 1. The molecule has 7 heteroatoms. The number of methoxy groups -OCH3 is 1. The zero-order valence-electron chi connectivity index (χ0n) is 11.8. The summed E-state index contributed by atoms with van der Waals surface area (Å²) < 4.78 is 7.18. The zero-order valence-corrected chi connectivity index (χ0v) is 12.7. The first-order valence-corrected chi connectivity index (χ1v) is 7.91. The lowest BCUT2D eigenvalue weighted by molar-refractivity contribution is 0.0730. The maximum atomic E-state index is 9.36. The molecule has 1 aliphatic rings. The van der Waals surface area contributed by atoms with E-state index in [0.717, 1.165) is 30.1 Å². The van der Waals surface area contributed by atoms with Crippen molar-refractivity contribution in [3.8, 4) is 11.4 Å². The number of tetrazole rings is 1. The fourth-order valence-corrected chi connectivity index (χ4v) is 3.80. The maximum Gasteiger partial charge on any atom is 0.214 e. The normalized spacial score (nSPS) is 22.3. The lowest BCUT2D eigenvalue weighted by Crippen LogP contribution is -2.23. The van der Waals surface area contributed by atoms with Gasteiger partial charge in [0.05, 0.1) is 11.8 Å². The van der Waals surface area contributed by atoms with Gasteiger partial charge in [-0.05, 0) is 60.4 Å². The number of phenolic OH excluding ortho intramolecular Hbond substituents is 1. The Morgan fingerprint density at radius 3 is 2.86 bits per heavy atom. The van der Waals surface area contributed by atoms with Gasteiger partial charge in [-0.1, -0.05) is 11.8 Å². The van der Waals surface area contributed by atoms with Crippen LogP contribution in [0.2, 0.25) is 0 Å². The van der Waals surface area contributed by atoms with Crippen molar-refractivity contribution in [2.75, 3.05) is 7.11 Å². The van der Waals surface area contributed by atoms with Crippen molar-refractivity contribution in [2.24, 2.45) is 0 Å². The molecule has 0 radical (unpaired) electrons. The van der Waals surface area contributed by atoms with Gasteiger partial charge in [0.15, 0.2) is 0 Å². The lowest BCUT2D eigenvalue weighted by atomic mass is 9.97. The third-order valence-electron chi connectivity index (χ3n) is 3.72. The molecule has 6 nitrogen and oxygen atoms in total. The average Bonchev–Trinajstić information content (AvgIpc) is 2.96. The highest BCUT2D eigenvalue weighted by molar-refractivity contribution is 7.99. The fraction of sp³-hybridized carbons (Fsp3) is 0.500. The monoisotopic (exact) mass is 306 g/mol. The highest BCUT2D eigenvalue weighted by Gasteiger charge is 2.24. The summed E-state index contributed by atoms with van der Waals surface area (Å²) in [5.74, 6) is 0.233. The van der Waals surface area contributed by atoms with Gasteiger partial charge in [0.2, 0.25) is 5.16 Å². The minimum absolute atomic E-state index is 0.233. The van der Waals surface area contributed by atoms with Gasteiger partial charge < -0.3 is 9.84 Å². The second-order valence-electron chi connectivity index (χ2n) is 5.15.